The number of fused-ring (bicyclic) bond motifs is 1. The van der Waals surface area contributed by atoms with Gasteiger partial charge in [0, 0.05) is 32.8 Å². The first-order chi connectivity index (χ1) is 19.2. The minimum absolute atomic E-state index is 0.0248. The topological polar surface area (TPSA) is 151 Å². The van der Waals surface area contributed by atoms with Crippen molar-refractivity contribution in [3.63, 3.8) is 0 Å². The first-order valence-electron chi connectivity index (χ1n) is 12.7. The molecule has 0 fully saturated rings. The van der Waals surface area contributed by atoms with Crippen molar-refractivity contribution < 1.29 is 35.9 Å². The molecule has 1 aliphatic rings. The van der Waals surface area contributed by atoms with Gasteiger partial charge < -0.3 is 19.3 Å². The summed E-state index contributed by atoms with van der Waals surface area (Å²) in [4.78, 5) is 18.8. The van der Waals surface area contributed by atoms with E-state index in [9.17, 15) is 31.1 Å². The van der Waals surface area contributed by atoms with Crippen molar-refractivity contribution in [1.29, 1.82) is 0 Å². The molecule has 3 atom stereocenters. The third-order valence-corrected chi connectivity index (χ3v) is 9.94. The Morgan fingerprint density at radius 3 is 2.49 bits per heavy atom. The highest BCUT2D eigenvalue weighted by Crippen LogP contribution is 2.36. The highest BCUT2D eigenvalue weighted by Gasteiger charge is 2.37. The van der Waals surface area contributed by atoms with Gasteiger partial charge in [-0.3, -0.25) is 9.52 Å². The quantitative estimate of drug-likeness (QED) is 0.373. The summed E-state index contributed by atoms with van der Waals surface area (Å²) in [5, 5.41) is 9.71. The first-order valence-corrected chi connectivity index (χ1v) is 15.6. The Labute approximate surface area is 238 Å². The van der Waals surface area contributed by atoms with E-state index in [1.54, 1.807) is 20.9 Å². The van der Waals surface area contributed by atoms with Crippen LogP contribution < -0.4 is 9.46 Å². The summed E-state index contributed by atoms with van der Waals surface area (Å²) in [5.41, 5.74) is -0.0390. The number of imidazole rings is 1. The van der Waals surface area contributed by atoms with E-state index in [1.165, 1.54) is 47.2 Å². The van der Waals surface area contributed by atoms with Crippen molar-refractivity contribution in [2.24, 2.45) is 13.0 Å². The SMILES string of the molecule is C[C@@H]1CN([C@H](C)CO)C(=O)c2cccc(NS(=O)(=O)c3ccc(F)cc3)c2O[C@@H]1CN(C)S(=O)(=O)c1cn(C)cn1. The molecule has 0 spiro atoms. The second-order valence-electron chi connectivity index (χ2n) is 10.0. The van der Waals surface area contributed by atoms with Crippen LogP contribution in [0.3, 0.4) is 0 Å². The molecule has 1 aromatic heterocycles. The Bertz CT molecular complexity index is 1630. The van der Waals surface area contributed by atoms with E-state index in [2.05, 4.69) is 9.71 Å². The lowest BCUT2D eigenvalue weighted by Crippen LogP contribution is -2.50. The normalized spacial score (nSPS) is 18.8. The predicted molar refractivity (Wildman–Crippen MR) is 148 cm³/mol. The third kappa shape index (κ3) is 6.37. The molecule has 0 saturated carbocycles. The Morgan fingerprint density at radius 1 is 1.20 bits per heavy atom. The van der Waals surface area contributed by atoms with Gasteiger partial charge in [-0.25, -0.2) is 26.2 Å². The molecule has 2 N–H and O–H groups in total. The van der Waals surface area contributed by atoms with E-state index in [1.807, 2.05) is 0 Å². The van der Waals surface area contributed by atoms with Crippen LogP contribution in [0.4, 0.5) is 10.1 Å². The van der Waals surface area contributed by atoms with Crippen LogP contribution >= 0.6 is 0 Å². The molecular weight excluding hydrogens is 577 g/mol. The van der Waals surface area contributed by atoms with Crippen molar-refractivity contribution in [1.82, 2.24) is 18.8 Å². The van der Waals surface area contributed by atoms with Crippen molar-refractivity contribution in [2.75, 3.05) is 31.5 Å². The van der Waals surface area contributed by atoms with Crippen molar-refractivity contribution >= 4 is 31.6 Å². The van der Waals surface area contributed by atoms with Crippen LogP contribution in [0.1, 0.15) is 24.2 Å². The molecule has 4 rings (SSSR count). The fourth-order valence-corrected chi connectivity index (χ4v) is 6.60. The standard InChI is InChI=1S/C26H32FN5O7S2/c1-17-12-32(18(2)15-33)26(34)21-6-5-7-22(29-40(35,36)20-10-8-19(27)9-11-20)25(21)39-23(17)13-31(4)41(37,38)24-14-30(3)16-28-24/h5-11,14,16-18,23,29,33H,12-13,15H2,1-4H3/t17-,18-,23-/m1/s1. The van der Waals surface area contributed by atoms with Crippen LogP contribution in [0.5, 0.6) is 5.75 Å². The number of sulfonamides is 2. The van der Waals surface area contributed by atoms with Crippen LogP contribution in [0, 0.1) is 11.7 Å². The summed E-state index contributed by atoms with van der Waals surface area (Å²) in [6.07, 6.45) is 1.88. The second kappa shape index (κ2) is 11.8. The van der Waals surface area contributed by atoms with Crippen molar-refractivity contribution in [3.8, 4) is 5.75 Å². The monoisotopic (exact) mass is 609 g/mol. The smallest absolute Gasteiger partial charge is 0.262 e. The number of nitrogens with zero attached hydrogens (tertiary/aromatic N) is 4. The van der Waals surface area contributed by atoms with E-state index in [0.717, 1.165) is 28.6 Å². The zero-order valence-electron chi connectivity index (χ0n) is 22.9. The Balaban J connectivity index is 1.76. The number of benzene rings is 2. The molecular formula is C26H32FN5O7S2. The number of hydrogen-bond donors (Lipinski definition) is 2. The molecule has 1 aliphatic heterocycles. The molecule has 0 bridgehead atoms. The zero-order valence-corrected chi connectivity index (χ0v) is 24.6. The van der Waals surface area contributed by atoms with Gasteiger partial charge in [0.25, 0.3) is 26.0 Å². The van der Waals surface area contributed by atoms with Gasteiger partial charge in [-0.15, -0.1) is 0 Å². The Morgan fingerprint density at radius 2 is 1.88 bits per heavy atom. The number of aliphatic hydroxyl groups is 1. The molecule has 15 heteroatoms. The molecule has 41 heavy (non-hydrogen) atoms. The number of hydrogen-bond acceptors (Lipinski definition) is 8. The van der Waals surface area contributed by atoms with Crippen LogP contribution in [0.25, 0.3) is 0 Å². The largest absolute Gasteiger partial charge is 0.486 e. The number of para-hydroxylation sites is 1. The minimum Gasteiger partial charge on any atom is -0.486 e. The van der Waals surface area contributed by atoms with Gasteiger partial charge in [-0.2, -0.15) is 4.31 Å². The zero-order chi connectivity index (χ0) is 30.1. The molecule has 0 saturated heterocycles. The minimum atomic E-state index is -4.23. The lowest BCUT2D eigenvalue weighted by molar-refractivity contribution is 0.0389. The maximum absolute atomic E-state index is 13.6. The summed E-state index contributed by atoms with van der Waals surface area (Å²) in [6, 6.07) is 7.97. The summed E-state index contributed by atoms with van der Waals surface area (Å²) in [7, 11) is -5.21. The van der Waals surface area contributed by atoms with Gasteiger partial charge in [-0.1, -0.05) is 13.0 Å². The summed E-state index contributed by atoms with van der Waals surface area (Å²) >= 11 is 0. The average Bonchev–Trinajstić information content (AvgIpc) is 3.37. The van der Waals surface area contributed by atoms with Gasteiger partial charge in [0.05, 0.1) is 41.7 Å². The van der Waals surface area contributed by atoms with E-state index in [0.29, 0.717) is 0 Å². The average molecular weight is 610 g/mol. The summed E-state index contributed by atoms with van der Waals surface area (Å²) in [5.74, 6) is -1.66. The molecule has 12 nitrogen and oxygen atoms in total. The van der Waals surface area contributed by atoms with Gasteiger partial charge in [0.15, 0.2) is 10.8 Å². The highest BCUT2D eigenvalue weighted by atomic mass is 32.2. The molecule has 2 heterocycles. The number of amides is 1. The summed E-state index contributed by atoms with van der Waals surface area (Å²) in [6.45, 7) is 3.08. The van der Waals surface area contributed by atoms with Crippen LogP contribution in [0.15, 0.2) is 64.9 Å². The predicted octanol–water partition coefficient (Wildman–Crippen LogP) is 1.90. The highest BCUT2D eigenvalue weighted by molar-refractivity contribution is 7.92. The fourth-order valence-electron chi connectivity index (χ4n) is 4.39. The van der Waals surface area contributed by atoms with Crippen LogP contribution in [0.2, 0.25) is 0 Å². The van der Waals surface area contributed by atoms with E-state index >= 15 is 0 Å². The number of aromatic nitrogens is 2. The number of carbonyl (C=O) groups excluding carboxylic acids is 1. The van der Waals surface area contributed by atoms with Crippen LogP contribution in [-0.4, -0.2) is 85.5 Å². The van der Waals surface area contributed by atoms with Gasteiger partial charge in [-0.05, 0) is 43.3 Å². The van der Waals surface area contributed by atoms with Gasteiger partial charge >= 0.3 is 0 Å². The number of ether oxygens (including phenoxy) is 1. The van der Waals surface area contributed by atoms with E-state index in [4.69, 9.17) is 4.74 Å². The molecule has 222 valence electrons. The maximum atomic E-state index is 13.6. The van der Waals surface area contributed by atoms with E-state index in [-0.39, 0.29) is 46.6 Å². The molecule has 1 amide bonds. The molecule has 3 aromatic rings. The van der Waals surface area contributed by atoms with Crippen LogP contribution in [-0.2, 0) is 27.1 Å². The van der Waals surface area contributed by atoms with E-state index < -0.39 is 49.8 Å². The molecule has 2 aromatic carbocycles. The molecule has 0 unspecified atom stereocenters. The first kappa shape index (κ1) is 30.4. The fraction of sp³-hybridized carbons (Fsp3) is 0.385. The lowest BCUT2D eigenvalue weighted by Gasteiger charge is -2.38. The number of anilines is 1. The molecule has 0 radical (unpaired) electrons. The van der Waals surface area contributed by atoms with Gasteiger partial charge in [0.1, 0.15) is 11.9 Å². The number of carbonyl (C=O) groups is 1. The second-order valence-corrected chi connectivity index (χ2v) is 13.7. The Kier molecular flexibility index (Phi) is 8.73. The number of rotatable bonds is 9. The number of aliphatic hydroxyl groups excluding tert-OH is 1. The van der Waals surface area contributed by atoms with Crippen molar-refractivity contribution in [3.05, 3.63) is 66.4 Å². The molecule has 0 aliphatic carbocycles. The third-order valence-electron chi connectivity index (χ3n) is 6.85. The summed E-state index contributed by atoms with van der Waals surface area (Å²) < 4.78 is 77.4. The van der Waals surface area contributed by atoms with Gasteiger partial charge in [0.2, 0.25) is 0 Å². The number of nitrogens with one attached hydrogen (secondary N) is 1. The lowest BCUT2D eigenvalue weighted by atomic mass is 9.99. The Hall–Kier alpha value is -3.53. The maximum Gasteiger partial charge on any atom is 0.262 e. The number of aryl methyl sites for hydroxylation is 1. The number of halogens is 1. The van der Waals surface area contributed by atoms with Crippen molar-refractivity contribution in [2.45, 2.75) is 35.9 Å². The number of likely N-dealkylation sites (N-methyl/N-ethyl adjacent to an activating group) is 1.